The van der Waals surface area contributed by atoms with Gasteiger partial charge in [0.2, 0.25) is 0 Å². The highest BCUT2D eigenvalue weighted by molar-refractivity contribution is 5.94. The van der Waals surface area contributed by atoms with Crippen LogP contribution in [0.3, 0.4) is 0 Å². The molecule has 4 aromatic rings. The largest absolute Gasteiger partial charge is 0.423 e. The number of carbonyl (C=O) groups is 1. The Kier molecular flexibility index (Phi) is 5.95. The fourth-order valence-corrected chi connectivity index (χ4v) is 4.90. The van der Waals surface area contributed by atoms with Gasteiger partial charge in [0.15, 0.2) is 5.69 Å². The number of hydrogen-bond donors (Lipinski definition) is 0. The lowest BCUT2D eigenvalue weighted by molar-refractivity contribution is 0.0118. The summed E-state index contributed by atoms with van der Waals surface area (Å²) in [5, 5.41) is 0. The zero-order valence-corrected chi connectivity index (χ0v) is 20.2. The number of nitrogens with zero attached hydrogens (tertiary/aromatic N) is 4. The zero-order valence-electron chi connectivity index (χ0n) is 20.2. The molecule has 2 heterocycles. The molecular weight excluding hydrogens is 436 g/mol. The molecule has 1 aromatic heterocycles. The molecule has 0 N–H and O–H groups in total. The van der Waals surface area contributed by atoms with Crippen LogP contribution in [0.4, 0.5) is 17.1 Å². The average Bonchev–Trinajstić information content (AvgIpc) is 3.19. The predicted octanol–water partition coefficient (Wildman–Crippen LogP) is 5.84. The average molecular weight is 465 g/mol. The standard InChI is InChI=1S/C29H28N4O2/c1-4-32(5-2)24-16-17-25(21(3)20-24)29(27-26(28(34)35-29)30-18-19-31-27)33(22-12-8-6-9-13-22)23-14-10-7-11-15-23/h6-20H,4-5H2,1-3H3. The Morgan fingerprint density at radius 3 is 1.97 bits per heavy atom. The quantitative estimate of drug-likeness (QED) is 0.320. The van der Waals surface area contributed by atoms with Crippen molar-refractivity contribution in [3.8, 4) is 0 Å². The van der Waals surface area contributed by atoms with Gasteiger partial charge >= 0.3 is 5.97 Å². The number of aryl methyl sites for hydroxylation is 1. The highest BCUT2D eigenvalue weighted by Gasteiger charge is 2.55. The summed E-state index contributed by atoms with van der Waals surface area (Å²) in [6.45, 7) is 8.16. The summed E-state index contributed by atoms with van der Waals surface area (Å²) in [6, 6.07) is 26.2. The molecule has 0 amide bonds. The van der Waals surface area contributed by atoms with E-state index in [1.165, 1.54) is 6.20 Å². The minimum Gasteiger partial charge on any atom is -0.423 e. The topological polar surface area (TPSA) is 58.6 Å². The van der Waals surface area contributed by atoms with Crippen molar-refractivity contribution in [3.05, 3.63) is 114 Å². The number of hydrogen-bond acceptors (Lipinski definition) is 6. The molecule has 0 saturated carbocycles. The molecule has 0 bridgehead atoms. The third-order valence-corrected chi connectivity index (χ3v) is 6.50. The lowest BCUT2D eigenvalue weighted by Gasteiger charge is -2.42. The van der Waals surface area contributed by atoms with E-state index in [4.69, 9.17) is 4.74 Å². The number of esters is 1. The lowest BCUT2D eigenvalue weighted by Crippen LogP contribution is -2.46. The van der Waals surface area contributed by atoms with E-state index in [0.717, 1.165) is 41.3 Å². The van der Waals surface area contributed by atoms with Gasteiger partial charge < -0.3 is 9.64 Å². The van der Waals surface area contributed by atoms with Crippen molar-refractivity contribution in [1.82, 2.24) is 9.97 Å². The van der Waals surface area contributed by atoms with Crippen molar-refractivity contribution in [1.29, 1.82) is 0 Å². The van der Waals surface area contributed by atoms with Crippen molar-refractivity contribution < 1.29 is 9.53 Å². The molecule has 6 nitrogen and oxygen atoms in total. The molecule has 1 aliphatic heterocycles. The van der Waals surface area contributed by atoms with Gasteiger partial charge in [-0.05, 0) is 62.7 Å². The fraction of sp³-hybridized carbons (Fsp3) is 0.207. The molecular formula is C29H28N4O2. The Morgan fingerprint density at radius 1 is 0.800 bits per heavy atom. The van der Waals surface area contributed by atoms with Crippen molar-refractivity contribution in [3.63, 3.8) is 0 Å². The first kappa shape index (κ1) is 22.6. The van der Waals surface area contributed by atoms with E-state index in [0.29, 0.717) is 5.69 Å². The Hall–Kier alpha value is -4.19. The van der Waals surface area contributed by atoms with Gasteiger partial charge in [-0.2, -0.15) is 0 Å². The number of cyclic esters (lactones) is 1. The maximum absolute atomic E-state index is 13.2. The van der Waals surface area contributed by atoms with E-state index in [-0.39, 0.29) is 5.69 Å². The van der Waals surface area contributed by atoms with Crippen molar-refractivity contribution in [2.45, 2.75) is 26.5 Å². The van der Waals surface area contributed by atoms with Gasteiger partial charge in [-0.1, -0.05) is 42.5 Å². The maximum atomic E-state index is 13.2. The Labute approximate surface area is 205 Å². The summed E-state index contributed by atoms with van der Waals surface area (Å²) in [4.78, 5) is 26.6. The number of ether oxygens (including phenoxy) is 1. The summed E-state index contributed by atoms with van der Waals surface area (Å²) in [5.41, 5.74) is 4.10. The number of anilines is 3. The summed E-state index contributed by atoms with van der Waals surface area (Å²) >= 11 is 0. The Balaban J connectivity index is 1.83. The molecule has 0 radical (unpaired) electrons. The van der Waals surface area contributed by atoms with Crippen LogP contribution in [-0.2, 0) is 10.5 Å². The summed E-state index contributed by atoms with van der Waals surface area (Å²) < 4.78 is 6.36. The molecule has 0 spiro atoms. The van der Waals surface area contributed by atoms with Crippen LogP contribution in [0, 0.1) is 6.92 Å². The van der Waals surface area contributed by atoms with Crippen molar-refractivity contribution >= 4 is 23.0 Å². The second-order valence-corrected chi connectivity index (χ2v) is 8.47. The highest BCUT2D eigenvalue weighted by atomic mass is 16.6. The van der Waals surface area contributed by atoms with Crippen LogP contribution in [-0.4, -0.2) is 29.0 Å². The number of para-hydroxylation sites is 2. The summed E-state index contributed by atoms with van der Waals surface area (Å²) in [6.07, 6.45) is 3.14. The minimum absolute atomic E-state index is 0.233. The normalized spacial score (nSPS) is 16.5. The van der Waals surface area contributed by atoms with Gasteiger partial charge in [0.1, 0.15) is 5.69 Å². The number of fused-ring (bicyclic) bond motifs is 1. The molecule has 176 valence electrons. The predicted molar refractivity (Wildman–Crippen MR) is 138 cm³/mol. The maximum Gasteiger partial charge on any atom is 0.361 e. The monoisotopic (exact) mass is 464 g/mol. The molecule has 6 heteroatoms. The molecule has 0 aliphatic carbocycles. The smallest absolute Gasteiger partial charge is 0.361 e. The van der Waals surface area contributed by atoms with E-state index in [1.807, 2.05) is 65.6 Å². The van der Waals surface area contributed by atoms with E-state index in [1.54, 1.807) is 6.20 Å². The van der Waals surface area contributed by atoms with E-state index in [2.05, 4.69) is 53.8 Å². The Bertz CT molecular complexity index is 1300. The third-order valence-electron chi connectivity index (χ3n) is 6.50. The van der Waals surface area contributed by atoms with Crippen LogP contribution in [0.5, 0.6) is 0 Å². The second kappa shape index (κ2) is 9.22. The molecule has 0 saturated heterocycles. The molecule has 1 atom stereocenters. The fourth-order valence-electron chi connectivity index (χ4n) is 4.90. The van der Waals surface area contributed by atoms with Crippen molar-refractivity contribution in [2.75, 3.05) is 22.9 Å². The molecule has 0 fully saturated rings. The van der Waals surface area contributed by atoms with Crippen LogP contribution in [0.15, 0.2) is 91.3 Å². The molecule has 5 rings (SSSR count). The first-order valence-electron chi connectivity index (χ1n) is 11.9. The van der Waals surface area contributed by atoms with Crippen LogP contribution < -0.4 is 9.80 Å². The number of rotatable bonds is 7. The minimum atomic E-state index is -1.32. The molecule has 35 heavy (non-hydrogen) atoms. The van der Waals surface area contributed by atoms with Crippen LogP contribution in [0.25, 0.3) is 0 Å². The van der Waals surface area contributed by atoms with Gasteiger partial charge in [0, 0.05) is 48.1 Å². The van der Waals surface area contributed by atoms with Crippen LogP contribution >= 0.6 is 0 Å². The van der Waals surface area contributed by atoms with Gasteiger partial charge in [0.25, 0.3) is 5.72 Å². The number of aromatic nitrogens is 2. The first-order valence-corrected chi connectivity index (χ1v) is 11.9. The van der Waals surface area contributed by atoms with E-state index in [9.17, 15) is 4.79 Å². The second-order valence-electron chi connectivity index (χ2n) is 8.47. The molecule has 1 aliphatic rings. The number of benzene rings is 3. The zero-order chi connectivity index (χ0) is 24.4. The van der Waals surface area contributed by atoms with Crippen molar-refractivity contribution in [2.24, 2.45) is 0 Å². The van der Waals surface area contributed by atoms with Gasteiger partial charge in [-0.25, -0.2) is 9.78 Å². The van der Waals surface area contributed by atoms with Gasteiger partial charge in [-0.3, -0.25) is 9.88 Å². The molecule has 1 unspecified atom stereocenters. The summed E-state index contributed by atoms with van der Waals surface area (Å²) in [5.74, 6) is -0.489. The number of carbonyl (C=O) groups excluding carboxylic acids is 1. The van der Waals surface area contributed by atoms with E-state index >= 15 is 0 Å². The first-order chi connectivity index (χ1) is 17.1. The highest BCUT2D eigenvalue weighted by Crippen LogP contribution is 2.49. The Morgan fingerprint density at radius 2 is 1.40 bits per heavy atom. The van der Waals surface area contributed by atoms with Gasteiger partial charge in [0.05, 0.1) is 0 Å². The lowest BCUT2D eigenvalue weighted by atomic mass is 9.91. The van der Waals surface area contributed by atoms with E-state index < -0.39 is 11.7 Å². The third kappa shape index (κ3) is 3.71. The van der Waals surface area contributed by atoms with Gasteiger partial charge in [-0.15, -0.1) is 0 Å². The van der Waals surface area contributed by atoms with Crippen LogP contribution in [0.1, 0.15) is 41.2 Å². The SMILES string of the molecule is CCN(CC)c1ccc(C2(N(c3ccccc3)c3ccccc3)OC(=O)c3nccnc32)c(C)c1. The molecule has 3 aromatic carbocycles. The van der Waals surface area contributed by atoms with Crippen LogP contribution in [0.2, 0.25) is 0 Å². The summed E-state index contributed by atoms with van der Waals surface area (Å²) in [7, 11) is 0.